The van der Waals surface area contributed by atoms with E-state index in [1.807, 2.05) is 12.3 Å². The summed E-state index contributed by atoms with van der Waals surface area (Å²) in [5, 5.41) is 3.41. The molecule has 0 bridgehead atoms. The first kappa shape index (κ1) is 7.50. The molecule has 1 aliphatic heterocycles. The first-order valence-corrected chi connectivity index (χ1v) is 4.27. The van der Waals surface area contributed by atoms with Crippen LogP contribution in [0, 0.1) is 0 Å². The van der Waals surface area contributed by atoms with Gasteiger partial charge < -0.3 is 5.32 Å². The van der Waals surface area contributed by atoms with Gasteiger partial charge in [-0.2, -0.15) is 0 Å². The largest absolute Gasteiger partial charge is 0.306 e. The van der Waals surface area contributed by atoms with Gasteiger partial charge in [0.05, 0.1) is 6.04 Å². The van der Waals surface area contributed by atoms with E-state index in [-0.39, 0.29) is 0 Å². The van der Waals surface area contributed by atoms with Crippen LogP contribution in [0.1, 0.15) is 18.0 Å². The third-order valence-electron chi connectivity index (χ3n) is 2.05. The zero-order chi connectivity index (χ0) is 8.23. The molecule has 1 N–H and O–H groups in total. The van der Waals surface area contributed by atoms with Crippen LogP contribution < -0.4 is 5.32 Å². The predicted molar refractivity (Wildman–Crippen MR) is 48.7 cm³/mol. The molecule has 1 atom stereocenters. The molecule has 0 fully saturated rings. The Hall–Kier alpha value is -1.15. The molecule has 2 rings (SSSR count). The molecule has 0 unspecified atom stereocenters. The summed E-state index contributed by atoms with van der Waals surface area (Å²) in [6, 6.07) is 4.44. The van der Waals surface area contributed by atoms with Crippen molar-refractivity contribution in [3.63, 3.8) is 0 Å². The third kappa shape index (κ3) is 1.53. The molecule has 0 radical (unpaired) electrons. The van der Waals surface area contributed by atoms with Crippen LogP contribution in [0.4, 0.5) is 0 Å². The molecule has 1 aromatic heterocycles. The summed E-state index contributed by atoms with van der Waals surface area (Å²) in [7, 11) is 0. The molecule has 0 saturated heterocycles. The maximum absolute atomic E-state index is 4.09. The van der Waals surface area contributed by atoms with Gasteiger partial charge in [0.1, 0.15) is 0 Å². The van der Waals surface area contributed by atoms with E-state index in [0.717, 1.165) is 13.0 Å². The molecule has 0 spiro atoms. The van der Waals surface area contributed by atoms with Gasteiger partial charge in [-0.15, -0.1) is 0 Å². The van der Waals surface area contributed by atoms with Gasteiger partial charge in [-0.3, -0.25) is 4.98 Å². The number of hydrogen-bond donors (Lipinski definition) is 1. The van der Waals surface area contributed by atoms with Crippen molar-refractivity contribution in [1.82, 2.24) is 10.3 Å². The molecule has 0 amide bonds. The number of aromatic nitrogens is 1. The Balaban J connectivity index is 2.19. The summed E-state index contributed by atoms with van der Waals surface area (Å²) in [5.41, 5.74) is 1.24. The third-order valence-corrected chi connectivity index (χ3v) is 2.05. The van der Waals surface area contributed by atoms with Gasteiger partial charge in [0.15, 0.2) is 0 Å². The number of rotatable bonds is 1. The van der Waals surface area contributed by atoms with Crippen LogP contribution in [0.25, 0.3) is 0 Å². The zero-order valence-corrected chi connectivity index (χ0v) is 6.90. The highest BCUT2D eigenvalue weighted by molar-refractivity contribution is 5.20. The quantitative estimate of drug-likeness (QED) is 0.632. The Morgan fingerprint density at radius 1 is 1.50 bits per heavy atom. The van der Waals surface area contributed by atoms with Crippen LogP contribution in [0.3, 0.4) is 0 Å². The topological polar surface area (TPSA) is 24.9 Å². The fourth-order valence-electron chi connectivity index (χ4n) is 1.41. The molecule has 0 aliphatic carbocycles. The van der Waals surface area contributed by atoms with E-state index in [9.17, 15) is 0 Å². The number of hydrogen-bond acceptors (Lipinski definition) is 2. The normalized spacial score (nSPS) is 22.5. The Kier molecular flexibility index (Phi) is 2.19. The highest BCUT2D eigenvalue weighted by atomic mass is 14.9. The first-order valence-electron chi connectivity index (χ1n) is 4.27. The molecule has 62 valence electrons. The summed E-state index contributed by atoms with van der Waals surface area (Å²) in [5.74, 6) is 0. The number of pyridine rings is 1. The maximum atomic E-state index is 4.09. The molecule has 2 heterocycles. The average Bonchev–Trinajstić information content (AvgIpc) is 2.21. The summed E-state index contributed by atoms with van der Waals surface area (Å²) >= 11 is 0. The second kappa shape index (κ2) is 3.50. The van der Waals surface area contributed by atoms with Gasteiger partial charge in [-0.05, 0) is 24.6 Å². The molecule has 2 heteroatoms. The second-order valence-electron chi connectivity index (χ2n) is 2.93. The van der Waals surface area contributed by atoms with Gasteiger partial charge in [-0.1, -0.05) is 18.2 Å². The van der Waals surface area contributed by atoms with E-state index in [2.05, 4.69) is 28.5 Å². The summed E-state index contributed by atoms with van der Waals surface area (Å²) in [6.45, 7) is 1.07. The van der Waals surface area contributed by atoms with E-state index < -0.39 is 0 Å². The van der Waals surface area contributed by atoms with Crippen molar-refractivity contribution in [3.05, 3.63) is 42.2 Å². The molecule has 12 heavy (non-hydrogen) atoms. The van der Waals surface area contributed by atoms with Crippen LogP contribution in [-0.4, -0.2) is 11.5 Å². The van der Waals surface area contributed by atoms with Crippen molar-refractivity contribution in [2.45, 2.75) is 12.5 Å². The molecule has 1 aromatic rings. The van der Waals surface area contributed by atoms with E-state index in [4.69, 9.17) is 0 Å². The summed E-state index contributed by atoms with van der Waals surface area (Å²) in [6.07, 6.45) is 9.26. The standard InChI is InChI=1S/C10H12N2/c1-2-7-12-10(5-1)9-4-3-6-11-8-9/h1,3-6,8,10,12H,2,7H2/t10-/m0/s1. The van der Waals surface area contributed by atoms with E-state index in [1.54, 1.807) is 6.20 Å². The lowest BCUT2D eigenvalue weighted by molar-refractivity contribution is 0.599. The SMILES string of the molecule is C1=C[C@@H](c2cccnc2)NCC1. The lowest BCUT2D eigenvalue weighted by Crippen LogP contribution is -2.23. The highest BCUT2D eigenvalue weighted by Crippen LogP contribution is 2.15. The van der Waals surface area contributed by atoms with Gasteiger partial charge >= 0.3 is 0 Å². The molecule has 2 nitrogen and oxygen atoms in total. The number of nitrogens with one attached hydrogen (secondary N) is 1. The van der Waals surface area contributed by atoms with Crippen LogP contribution in [0.5, 0.6) is 0 Å². The molecular weight excluding hydrogens is 148 g/mol. The minimum atomic E-state index is 0.368. The fraction of sp³-hybridized carbons (Fsp3) is 0.300. The second-order valence-corrected chi connectivity index (χ2v) is 2.93. The Labute approximate surface area is 72.3 Å². The monoisotopic (exact) mass is 160 g/mol. The van der Waals surface area contributed by atoms with Crippen molar-refractivity contribution in [3.8, 4) is 0 Å². The van der Waals surface area contributed by atoms with Crippen LogP contribution in [-0.2, 0) is 0 Å². The zero-order valence-electron chi connectivity index (χ0n) is 6.90. The molecular formula is C10H12N2. The first-order chi connectivity index (χ1) is 5.97. The fourth-order valence-corrected chi connectivity index (χ4v) is 1.41. The van der Waals surface area contributed by atoms with Gasteiger partial charge in [0.2, 0.25) is 0 Å². The van der Waals surface area contributed by atoms with Crippen molar-refractivity contribution >= 4 is 0 Å². The van der Waals surface area contributed by atoms with Gasteiger partial charge in [0.25, 0.3) is 0 Å². The van der Waals surface area contributed by atoms with Crippen LogP contribution in [0.2, 0.25) is 0 Å². The Bertz CT molecular complexity index is 266. The summed E-state index contributed by atoms with van der Waals surface area (Å²) < 4.78 is 0. The maximum Gasteiger partial charge on any atom is 0.0521 e. The van der Waals surface area contributed by atoms with Gasteiger partial charge in [-0.25, -0.2) is 0 Å². The lowest BCUT2D eigenvalue weighted by atomic mass is 10.1. The Morgan fingerprint density at radius 3 is 3.17 bits per heavy atom. The molecule has 1 aliphatic rings. The van der Waals surface area contributed by atoms with Crippen LogP contribution in [0.15, 0.2) is 36.7 Å². The van der Waals surface area contributed by atoms with E-state index in [1.165, 1.54) is 5.56 Å². The summed E-state index contributed by atoms with van der Waals surface area (Å²) in [4.78, 5) is 4.09. The number of nitrogens with zero attached hydrogens (tertiary/aromatic N) is 1. The Morgan fingerprint density at radius 2 is 2.50 bits per heavy atom. The van der Waals surface area contributed by atoms with Gasteiger partial charge in [0, 0.05) is 12.4 Å². The lowest BCUT2D eigenvalue weighted by Gasteiger charge is -2.17. The van der Waals surface area contributed by atoms with E-state index in [0.29, 0.717) is 6.04 Å². The molecule has 0 aromatic carbocycles. The molecule has 0 saturated carbocycles. The van der Waals surface area contributed by atoms with Crippen molar-refractivity contribution < 1.29 is 0 Å². The van der Waals surface area contributed by atoms with Crippen molar-refractivity contribution in [2.75, 3.05) is 6.54 Å². The van der Waals surface area contributed by atoms with Crippen molar-refractivity contribution in [2.24, 2.45) is 0 Å². The van der Waals surface area contributed by atoms with E-state index >= 15 is 0 Å². The minimum absolute atomic E-state index is 0.368. The van der Waals surface area contributed by atoms with Crippen LogP contribution >= 0.6 is 0 Å². The van der Waals surface area contributed by atoms with Crippen molar-refractivity contribution in [1.29, 1.82) is 0 Å². The predicted octanol–water partition coefficient (Wildman–Crippen LogP) is 1.67. The highest BCUT2D eigenvalue weighted by Gasteiger charge is 2.08. The minimum Gasteiger partial charge on any atom is -0.306 e. The average molecular weight is 160 g/mol. The smallest absolute Gasteiger partial charge is 0.0521 e.